The van der Waals surface area contributed by atoms with Gasteiger partial charge >= 0.3 is 0 Å². The lowest BCUT2D eigenvalue weighted by Crippen LogP contribution is -2.30. The van der Waals surface area contributed by atoms with E-state index in [1.54, 1.807) is 24.3 Å². The number of para-hydroxylation sites is 1. The number of nitrogens with zero attached hydrogens (tertiary/aromatic N) is 2. The minimum absolute atomic E-state index is 0.122. The molecule has 23 heavy (non-hydrogen) atoms. The first-order valence-electron chi connectivity index (χ1n) is 7.50. The van der Waals surface area contributed by atoms with Crippen molar-refractivity contribution < 1.29 is 9.59 Å². The van der Waals surface area contributed by atoms with Crippen molar-refractivity contribution in [3.63, 3.8) is 0 Å². The van der Waals surface area contributed by atoms with E-state index in [2.05, 4.69) is 15.3 Å². The van der Waals surface area contributed by atoms with Gasteiger partial charge in [0.1, 0.15) is 0 Å². The predicted octanol–water partition coefficient (Wildman–Crippen LogP) is 3.54. The van der Waals surface area contributed by atoms with Crippen LogP contribution in [-0.4, -0.2) is 28.4 Å². The van der Waals surface area contributed by atoms with Crippen LogP contribution in [0.4, 0.5) is 5.69 Å². The molecule has 120 valence electrons. The van der Waals surface area contributed by atoms with Gasteiger partial charge in [-0.1, -0.05) is 41.9 Å². The predicted molar refractivity (Wildman–Crippen MR) is 94.4 cm³/mol. The summed E-state index contributed by atoms with van der Waals surface area (Å²) in [6, 6.07) is 7.04. The molecule has 7 heteroatoms. The number of nitrogens with one attached hydrogen (secondary N) is 1. The summed E-state index contributed by atoms with van der Waals surface area (Å²) in [6.07, 6.45) is 3.80. The summed E-state index contributed by atoms with van der Waals surface area (Å²) < 4.78 is 0. The number of rotatable bonds is 3. The van der Waals surface area contributed by atoms with Crippen molar-refractivity contribution in [1.29, 1.82) is 0 Å². The van der Waals surface area contributed by atoms with Crippen molar-refractivity contribution in [1.82, 2.24) is 0 Å². The number of carbonyl (C=O) groups excluding carboxylic acids is 2. The highest BCUT2D eigenvalue weighted by molar-refractivity contribution is 8.14. The van der Waals surface area contributed by atoms with Crippen LogP contribution in [-0.2, 0) is 9.59 Å². The van der Waals surface area contributed by atoms with Gasteiger partial charge < -0.3 is 5.32 Å². The second-order valence-corrected chi connectivity index (χ2v) is 6.80. The van der Waals surface area contributed by atoms with E-state index in [1.807, 2.05) is 0 Å². The van der Waals surface area contributed by atoms with Gasteiger partial charge in [0, 0.05) is 5.71 Å². The first kappa shape index (κ1) is 16.2. The van der Waals surface area contributed by atoms with E-state index in [0.717, 1.165) is 31.4 Å². The molecule has 1 aromatic carbocycles. The lowest BCUT2D eigenvalue weighted by Gasteiger charge is -2.24. The summed E-state index contributed by atoms with van der Waals surface area (Å²) in [5.41, 5.74) is 1.49. The average molecular weight is 350 g/mol. The normalized spacial score (nSPS) is 20.4. The Morgan fingerprint density at radius 1 is 1.30 bits per heavy atom. The Bertz CT molecular complexity index is 702. The Balaban J connectivity index is 1.58. The second-order valence-electron chi connectivity index (χ2n) is 5.45. The highest BCUT2D eigenvalue weighted by Gasteiger charge is 2.30. The number of benzene rings is 1. The van der Waals surface area contributed by atoms with Crippen LogP contribution in [0, 0.1) is 5.92 Å². The van der Waals surface area contributed by atoms with E-state index in [9.17, 15) is 9.59 Å². The van der Waals surface area contributed by atoms with Crippen molar-refractivity contribution in [2.45, 2.75) is 25.7 Å². The van der Waals surface area contributed by atoms with Crippen molar-refractivity contribution in [3.05, 3.63) is 29.3 Å². The number of hydrogen-bond donors (Lipinski definition) is 1. The van der Waals surface area contributed by atoms with Gasteiger partial charge in [-0.05, 0) is 31.4 Å². The number of carbonyl (C=O) groups is 2. The fraction of sp³-hybridized carbons (Fsp3) is 0.375. The molecular formula is C16H16ClN3O2S. The molecule has 1 aliphatic heterocycles. The number of thioether (sulfide) groups is 1. The SMILES string of the molecule is O=C(CSC1=NC(=O)C2CCCCC2=N1)Nc1ccccc1Cl. The Kier molecular flexibility index (Phi) is 5.13. The Labute approximate surface area is 143 Å². The molecule has 1 atom stereocenters. The van der Waals surface area contributed by atoms with E-state index in [1.165, 1.54) is 11.8 Å². The minimum atomic E-state index is -0.204. The molecule has 0 aromatic heterocycles. The zero-order valence-electron chi connectivity index (χ0n) is 12.4. The van der Waals surface area contributed by atoms with Crippen LogP contribution in [0.3, 0.4) is 0 Å². The largest absolute Gasteiger partial charge is 0.324 e. The van der Waals surface area contributed by atoms with Crippen LogP contribution in [0.5, 0.6) is 0 Å². The molecule has 2 amide bonds. The van der Waals surface area contributed by atoms with Gasteiger partial charge in [-0.3, -0.25) is 9.59 Å². The first-order valence-corrected chi connectivity index (χ1v) is 8.87. The lowest BCUT2D eigenvalue weighted by atomic mass is 9.86. The Hall–Kier alpha value is -1.66. The highest BCUT2D eigenvalue weighted by Crippen LogP contribution is 2.27. The maximum absolute atomic E-state index is 12.0. The molecule has 5 nitrogen and oxygen atoms in total. The molecule has 3 rings (SSSR count). The van der Waals surface area contributed by atoms with Crippen LogP contribution in [0.1, 0.15) is 25.7 Å². The zero-order chi connectivity index (χ0) is 16.2. The Morgan fingerprint density at radius 3 is 2.96 bits per heavy atom. The van der Waals surface area contributed by atoms with Crippen LogP contribution in [0.15, 0.2) is 34.3 Å². The molecule has 0 saturated heterocycles. The van der Waals surface area contributed by atoms with Crippen LogP contribution in [0.2, 0.25) is 5.02 Å². The van der Waals surface area contributed by atoms with Crippen molar-refractivity contribution in [2.24, 2.45) is 15.9 Å². The van der Waals surface area contributed by atoms with Gasteiger partial charge in [-0.25, -0.2) is 4.99 Å². The summed E-state index contributed by atoms with van der Waals surface area (Å²) in [5, 5.41) is 3.61. The number of aliphatic imine (C=N–C) groups is 2. The zero-order valence-corrected chi connectivity index (χ0v) is 14.0. The summed E-state index contributed by atoms with van der Waals surface area (Å²) in [4.78, 5) is 32.5. The van der Waals surface area contributed by atoms with Gasteiger partial charge in [0.2, 0.25) is 5.91 Å². The van der Waals surface area contributed by atoms with Crippen LogP contribution < -0.4 is 5.32 Å². The summed E-state index contributed by atoms with van der Waals surface area (Å²) in [7, 11) is 0. The molecular weight excluding hydrogens is 334 g/mol. The molecule has 0 spiro atoms. The molecule has 1 fully saturated rings. The quantitative estimate of drug-likeness (QED) is 0.907. The topological polar surface area (TPSA) is 70.9 Å². The van der Waals surface area contributed by atoms with Crippen LogP contribution >= 0.6 is 23.4 Å². The minimum Gasteiger partial charge on any atom is -0.324 e. The fourth-order valence-electron chi connectivity index (χ4n) is 2.66. The van der Waals surface area contributed by atoms with E-state index in [-0.39, 0.29) is 23.5 Å². The smallest absolute Gasteiger partial charge is 0.256 e. The second kappa shape index (κ2) is 7.27. The van der Waals surface area contributed by atoms with Gasteiger partial charge in [-0.15, -0.1) is 0 Å². The standard InChI is InChI=1S/C16H16ClN3O2S/c17-11-6-2-4-8-13(11)18-14(21)9-23-16-19-12-7-3-1-5-10(12)15(22)20-16/h2,4,6,8,10H,1,3,5,7,9H2,(H,18,21). The fourth-order valence-corrected chi connectivity index (χ4v) is 3.51. The summed E-state index contributed by atoms with van der Waals surface area (Å²) >= 11 is 7.18. The van der Waals surface area contributed by atoms with E-state index in [4.69, 9.17) is 11.6 Å². The third-order valence-corrected chi connectivity index (χ3v) is 4.98. The van der Waals surface area contributed by atoms with E-state index in [0.29, 0.717) is 15.9 Å². The monoisotopic (exact) mass is 349 g/mol. The molecule has 1 unspecified atom stereocenters. The molecule has 2 aliphatic rings. The van der Waals surface area contributed by atoms with Gasteiger partial charge in [0.05, 0.1) is 22.4 Å². The van der Waals surface area contributed by atoms with Gasteiger partial charge in [0.15, 0.2) is 5.17 Å². The maximum Gasteiger partial charge on any atom is 0.256 e. The number of anilines is 1. The first-order chi connectivity index (χ1) is 11.1. The molecule has 1 aromatic rings. The van der Waals surface area contributed by atoms with Crippen molar-refractivity contribution in [2.75, 3.05) is 11.1 Å². The lowest BCUT2D eigenvalue weighted by molar-refractivity contribution is -0.120. The molecule has 1 N–H and O–H groups in total. The molecule has 0 radical (unpaired) electrons. The third-order valence-electron chi connectivity index (χ3n) is 3.80. The van der Waals surface area contributed by atoms with Crippen molar-refractivity contribution >= 4 is 51.7 Å². The number of fused-ring (bicyclic) bond motifs is 1. The number of hydrogen-bond acceptors (Lipinski definition) is 4. The Morgan fingerprint density at radius 2 is 2.13 bits per heavy atom. The molecule has 1 heterocycles. The van der Waals surface area contributed by atoms with Gasteiger partial charge in [0.25, 0.3) is 5.91 Å². The average Bonchev–Trinajstić information content (AvgIpc) is 2.55. The summed E-state index contributed by atoms with van der Waals surface area (Å²) in [5.74, 6) is -0.323. The van der Waals surface area contributed by atoms with E-state index < -0.39 is 0 Å². The van der Waals surface area contributed by atoms with Crippen molar-refractivity contribution in [3.8, 4) is 0 Å². The number of amides is 2. The maximum atomic E-state index is 12.0. The van der Waals surface area contributed by atoms with Crippen LogP contribution in [0.25, 0.3) is 0 Å². The number of halogens is 1. The molecule has 0 bridgehead atoms. The van der Waals surface area contributed by atoms with E-state index >= 15 is 0 Å². The summed E-state index contributed by atoms with van der Waals surface area (Å²) in [6.45, 7) is 0. The van der Waals surface area contributed by atoms with Gasteiger partial charge in [-0.2, -0.15) is 4.99 Å². The highest BCUT2D eigenvalue weighted by atomic mass is 35.5. The number of amidine groups is 1. The molecule has 1 aliphatic carbocycles. The third kappa shape index (κ3) is 4.00. The molecule has 1 saturated carbocycles.